The molecule has 0 fully saturated rings. The van der Waals surface area contributed by atoms with Crippen molar-refractivity contribution in [2.75, 3.05) is 19.5 Å². The molecule has 0 bridgehead atoms. The Hall–Kier alpha value is -1.00. The number of nitrogens with two attached hydrogens (primary N) is 1. The van der Waals surface area contributed by atoms with Gasteiger partial charge in [-0.15, -0.1) is 0 Å². The zero-order valence-corrected chi connectivity index (χ0v) is 12.0. The topological polar surface area (TPSA) is 116 Å². The minimum absolute atomic E-state index is 0.00456. The van der Waals surface area contributed by atoms with E-state index in [0.717, 1.165) is 0 Å². The van der Waals surface area contributed by atoms with Crippen LogP contribution in [-0.2, 0) is 31.3 Å². The minimum Gasteiger partial charge on any atom is -0.384 e. The molecule has 108 valence electrons. The fraction of sp³-hybridized carbons (Fsp3) is 0.400. The van der Waals surface area contributed by atoms with Crippen molar-refractivity contribution in [2.24, 2.45) is 5.14 Å². The van der Waals surface area contributed by atoms with Crippen molar-refractivity contribution >= 4 is 20.0 Å². The van der Waals surface area contributed by atoms with Gasteiger partial charge >= 0.3 is 0 Å². The first kappa shape index (κ1) is 16.1. The summed E-state index contributed by atoms with van der Waals surface area (Å²) < 4.78 is 52.3. The van der Waals surface area contributed by atoms with Crippen molar-refractivity contribution in [1.29, 1.82) is 0 Å². The van der Waals surface area contributed by atoms with Crippen LogP contribution in [0.15, 0.2) is 29.2 Å². The number of benzene rings is 1. The number of hydrogen-bond donors (Lipinski definition) is 2. The largest absolute Gasteiger partial charge is 0.384 e. The van der Waals surface area contributed by atoms with Crippen molar-refractivity contribution in [3.8, 4) is 0 Å². The van der Waals surface area contributed by atoms with E-state index >= 15 is 0 Å². The van der Waals surface area contributed by atoms with Crippen molar-refractivity contribution in [3.05, 3.63) is 29.8 Å². The van der Waals surface area contributed by atoms with Crippen LogP contribution in [-0.4, -0.2) is 36.3 Å². The molecule has 9 heteroatoms. The Balaban J connectivity index is 2.74. The fourth-order valence-corrected chi connectivity index (χ4v) is 2.79. The first-order chi connectivity index (χ1) is 8.74. The highest BCUT2D eigenvalue weighted by molar-refractivity contribution is 7.89. The van der Waals surface area contributed by atoms with E-state index in [2.05, 4.69) is 9.46 Å². The summed E-state index contributed by atoms with van der Waals surface area (Å²) in [5.41, 5.74) is 0.507. The van der Waals surface area contributed by atoms with E-state index in [9.17, 15) is 16.8 Å². The molecule has 3 N–H and O–H groups in total. The molecule has 19 heavy (non-hydrogen) atoms. The SMILES string of the molecule is COCCS(=O)(=O)NCc1cccc(S(N)(=O)=O)c1. The molecule has 1 rings (SSSR count). The summed E-state index contributed by atoms with van der Waals surface area (Å²) >= 11 is 0. The third-order valence-electron chi connectivity index (χ3n) is 2.28. The van der Waals surface area contributed by atoms with E-state index in [1.165, 1.54) is 25.3 Å². The summed E-state index contributed by atoms with van der Waals surface area (Å²) in [5, 5.41) is 4.99. The molecule has 0 unspecified atom stereocenters. The van der Waals surface area contributed by atoms with Gasteiger partial charge in [-0.25, -0.2) is 26.7 Å². The number of ether oxygens (including phenoxy) is 1. The maximum atomic E-state index is 11.5. The minimum atomic E-state index is -3.79. The summed E-state index contributed by atoms with van der Waals surface area (Å²) in [6, 6.07) is 5.78. The van der Waals surface area contributed by atoms with Crippen LogP contribution < -0.4 is 9.86 Å². The third-order valence-corrected chi connectivity index (χ3v) is 4.48. The highest BCUT2D eigenvalue weighted by atomic mass is 32.2. The number of hydrogen-bond acceptors (Lipinski definition) is 5. The Labute approximate surface area is 112 Å². The molecule has 0 saturated heterocycles. The van der Waals surface area contributed by atoms with Gasteiger partial charge in [-0.3, -0.25) is 0 Å². The maximum absolute atomic E-state index is 11.5. The summed E-state index contributed by atoms with van der Waals surface area (Å²) in [6.07, 6.45) is 0. The highest BCUT2D eigenvalue weighted by Gasteiger charge is 2.11. The van der Waals surface area contributed by atoms with Gasteiger partial charge in [-0.2, -0.15) is 0 Å². The summed E-state index contributed by atoms with van der Waals surface area (Å²) in [5.74, 6) is -0.154. The summed E-state index contributed by atoms with van der Waals surface area (Å²) in [6.45, 7) is 0.0853. The van der Waals surface area contributed by atoms with Crippen LogP contribution >= 0.6 is 0 Å². The highest BCUT2D eigenvalue weighted by Crippen LogP contribution is 2.09. The van der Waals surface area contributed by atoms with Crippen LogP contribution in [0.3, 0.4) is 0 Å². The van der Waals surface area contributed by atoms with E-state index in [1.54, 1.807) is 6.07 Å². The van der Waals surface area contributed by atoms with E-state index in [1.807, 2.05) is 0 Å². The predicted molar refractivity (Wildman–Crippen MR) is 70.3 cm³/mol. The molecule has 0 spiro atoms. The third kappa shape index (κ3) is 5.66. The van der Waals surface area contributed by atoms with E-state index < -0.39 is 20.0 Å². The van der Waals surface area contributed by atoms with E-state index in [0.29, 0.717) is 5.56 Å². The van der Waals surface area contributed by atoms with Crippen LogP contribution in [0.2, 0.25) is 0 Å². The number of nitrogens with one attached hydrogen (secondary N) is 1. The second-order valence-electron chi connectivity index (χ2n) is 3.83. The molecule has 1 aromatic carbocycles. The average molecular weight is 308 g/mol. The van der Waals surface area contributed by atoms with Crippen LogP contribution in [0.4, 0.5) is 0 Å². The average Bonchev–Trinajstić information content (AvgIpc) is 2.34. The normalized spacial score (nSPS) is 12.5. The molecule has 0 radical (unpaired) electrons. The lowest BCUT2D eigenvalue weighted by molar-refractivity contribution is 0.217. The van der Waals surface area contributed by atoms with E-state index in [4.69, 9.17) is 5.14 Å². The number of methoxy groups -OCH3 is 1. The van der Waals surface area contributed by atoms with Gasteiger partial charge in [-0.1, -0.05) is 12.1 Å². The Kier molecular flexibility index (Phi) is 5.44. The molecular formula is C10H16N2O5S2. The van der Waals surface area contributed by atoms with Gasteiger partial charge in [0.25, 0.3) is 0 Å². The Morgan fingerprint density at radius 3 is 2.53 bits per heavy atom. The Morgan fingerprint density at radius 1 is 1.26 bits per heavy atom. The van der Waals surface area contributed by atoms with Crippen LogP contribution in [0.25, 0.3) is 0 Å². The molecule has 1 aromatic rings. The lowest BCUT2D eigenvalue weighted by Gasteiger charge is -2.07. The molecule has 7 nitrogen and oxygen atoms in total. The van der Waals surface area contributed by atoms with Crippen LogP contribution in [0.1, 0.15) is 5.56 Å². The molecule has 0 amide bonds. The zero-order chi connectivity index (χ0) is 14.5. The molecule has 0 saturated carbocycles. The molecule has 0 aliphatic rings. The van der Waals surface area contributed by atoms with Crippen molar-refractivity contribution < 1.29 is 21.6 Å². The van der Waals surface area contributed by atoms with Gasteiger partial charge < -0.3 is 4.74 Å². The van der Waals surface area contributed by atoms with Crippen molar-refractivity contribution in [2.45, 2.75) is 11.4 Å². The lowest BCUT2D eigenvalue weighted by Crippen LogP contribution is -2.27. The summed E-state index contributed by atoms with van der Waals surface area (Å²) in [4.78, 5) is -0.0545. The standard InChI is InChI=1S/C10H16N2O5S2/c1-17-5-6-18(13,14)12-8-9-3-2-4-10(7-9)19(11,15)16/h2-4,7,12H,5-6,8H2,1H3,(H2,11,15,16). The van der Waals surface area contributed by atoms with Gasteiger partial charge in [0.1, 0.15) is 0 Å². The number of sulfonamides is 2. The number of rotatable bonds is 7. The maximum Gasteiger partial charge on any atom is 0.238 e. The first-order valence-electron chi connectivity index (χ1n) is 5.32. The fourth-order valence-electron chi connectivity index (χ4n) is 1.29. The first-order valence-corrected chi connectivity index (χ1v) is 8.52. The molecule has 0 aromatic heterocycles. The Bertz CT molecular complexity index is 625. The van der Waals surface area contributed by atoms with Gasteiger partial charge in [0.2, 0.25) is 20.0 Å². The summed E-state index contributed by atoms with van der Waals surface area (Å²) in [7, 11) is -5.83. The van der Waals surface area contributed by atoms with Gasteiger partial charge in [0.05, 0.1) is 17.3 Å². The zero-order valence-electron chi connectivity index (χ0n) is 10.4. The van der Waals surface area contributed by atoms with E-state index in [-0.39, 0.29) is 23.8 Å². The predicted octanol–water partition coefficient (Wildman–Crippen LogP) is -0.600. The Morgan fingerprint density at radius 2 is 1.95 bits per heavy atom. The second-order valence-corrected chi connectivity index (χ2v) is 7.31. The molecule has 0 aliphatic carbocycles. The number of primary sulfonamides is 1. The molecule has 0 atom stereocenters. The van der Waals surface area contributed by atoms with Crippen LogP contribution in [0, 0.1) is 0 Å². The van der Waals surface area contributed by atoms with Gasteiger partial charge in [0, 0.05) is 13.7 Å². The van der Waals surface area contributed by atoms with Crippen LogP contribution in [0.5, 0.6) is 0 Å². The van der Waals surface area contributed by atoms with Crippen molar-refractivity contribution in [1.82, 2.24) is 4.72 Å². The van der Waals surface area contributed by atoms with Gasteiger partial charge in [-0.05, 0) is 17.7 Å². The second kappa shape index (κ2) is 6.44. The molecule has 0 aliphatic heterocycles. The van der Waals surface area contributed by atoms with Crippen molar-refractivity contribution in [3.63, 3.8) is 0 Å². The van der Waals surface area contributed by atoms with Gasteiger partial charge in [0.15, 0.2) is 0 Å². The molecular weight excluding hydrogens is 292 g/mol. The quantitative estimate of drug-likeness (QED) is 0.698. The smallest absolute Gasteiger partial charge is 0.238 e. The monoisotopic (exact) mass is 308 g/mol. The molecule has 0 heterocycles. The lowest BCUT2D eigenvalue weighted by atomic mass is 10.2.